The van der Waals surface area contributed by atoms with Gasteiger partial charge in [0.15, 0.2) is 0 Å². The standard InChI is InChI=1S/C14H14BrN3O3/c15-10-5-2-1-4-9(10)13-17-16-12(21-13)8-18-7-3-6-11(18)14(19)20/h1-2,4-5,11H,3,6-8H2,(H,19,20). The van der Waals surface area contributed by atoms with E-state index < -0.39 is 12.0 Å². The fourth-order valence-corrected chi connectivity index (χ4v) is 2.98. The first-order valence-corrected chi connectivity index (χ1v) is 7.48. The summed E-state index contributed by atoms with van der Waals surface area (Å²) < 4.78 is 6.53. The highest BCUT2D eigenvalue weighted by molar-refractivity contribution is 9.10. The number of hydrogen-bond donors (Lipinski definition) is 1. The first-order valence-electron chi connectivity index (χ1n) is 6.69. The van der Waals surface area contributed by atoms with Gasteiger partial charge >= 0.3 is 5.97 Å². The van der Waals surface area contributed by atoms with Crippen LogP contribution in [0.4, 0.5) is 0 Å². The van der Waals surface area contributed by atoms with E-state index in [1.165, 1.54) is 0 Å². The Balaban J connectivity index is 1.77. The summed E-state index contributed by atoms with van der Waals surface area (Å²) in [4.78, 5) is 13.0. The van der Waals surface area contributed by atoms with Gasteiger partial charge in [-0.05, 0) is 47.4 Å². The minimum Gasteiger partial charge on any atom is -0.480 e. The third kappa shape index (κ3) is 2.98. The van der Waals surface area contributed by atoms with Crippen LogP contribution in [-0.4, -0.2) is 38.8 Å². The Morgan fingerprint density at radius 1 is 1.43 bits per heavy atom. The molecule has 0 spiro atoms. The van der Waals surface area contributed by atoms with E-state index in [0.717, 1.165) is 23.0 Å². The maximum Gasteiger partial charge on any atom is 0.320 e. The van der Waals surface area contributed by atoms with Crippen LogP contribution in [0.5, 0.6) is 0 Å². The number of likely N-dealkylation sites (tertiary alicyclic amines) is 1. The van der Waals surface area contributed by atoms with Crippen molar-refractivity contribution < 1.29 is 14.3 Å². The summed E-state index contributed by atoms with van der Waals surface area (Å²) in [5.41, 5.74) is 0.826. The molecule has 1 aromatic heterocycles. The average molecular weight is 352 g/mol. The Kier molecular flexibility index (Phi) is 4.03. The molecule has 1 aliphatic heterocycles. The maximum absolute atomic E-state index is 11.2. The molecular weight excluding hydrogens is 338 g/mol. The van der Waals surface area contributed by atoms with Gasteiger partial charge in [0, 0.05) is 4.47 Å². The van der Waals surface area contributed by atoms with Crippen LogP contribution in [0.2, 0.25) is 0 Å². The molecule has 0 bridgehead atoms. The number of aliphatic carboxylic acids is 1. The molecule has 110 valence electrons. The van der Waals surface area contributed by atoms with Crippen molar-refractivity contribution in [2.75, 3.05) is 6.54 Å². The van der Waals surface area contributed by atoms with Crippen molar-refractivity contribution in [1.82, 2.24) is 15.1 Å². The normalized spacial score (nSPS) is 19.0. The number of rotatable bonds is 4. The van der Waals surface area contributed by atoms with Crippen molar-refractivity contribution in [3.63, 3.8) is 0 Å². The monoisotopic (exact) mass is 351 g/mol. The number of aromatic nitrogens is 2. The topological polar surface area (TPSA) is 79.5 Å². The number of carbonyl (C=O) groups is 1. The Morgan fingerprint density at radius 3 is 3.00 bits per heavy atom. The molecule has 0 saturated carbocycles. The number of benzene rings is 1. The van der Waals surface area contributed by atoms with Crippen LogP contribution < -0.4 is 0 Å². The van der Waals surface area contributed by atoms with Crippen molar-refractivity contribution in [3.05, 3.63) is 34.6 Å². The predicted octanol–water partition coefficient (Wildman–Crippen LogP) is 2.55. The lowest BCUT2D eigenvalue weighted by molar-refractivity contribution is -0.142. The molecule has 0 aliphatic carbocycles. The van der Waals surface area contributed by atoms with Gasteiger partial charge in [-0.25, -0.2) is 0 Å². The Labute approximate surface area is 129 Å². The van der Waals surface area contributed by atoms with Crippen molar-refractivity contribution in [3.8, 4) is 11.5 Å². The van der Waals surface area contributed by atoms with Crippen LogP contribution in [0.3, 0.4) is 0 Å². The van der Waals surface area contributed by atoms with Crippen molar-refractivity contribution in [2.45, 2.75) is 25.4 Å². The second-order valence-corrected chi connectivity index (χ2v) is 5.80. The van der Waals surface area contributed by atoms with Gasteiger partial charge in [0.25, 0.3) is 0 Å². The molecule has 7 heteroatoms. The number of halogens is 1. The number of hydrogen-bond acceptors (Lipinski definition) is 5. The average Bonchev–Trinajstić information content (AvgIpc) is 3.09. The van der Waals surface area contributed by atoms with Gasteiger partial charge in [-0.3, -0.25) is 9.69 Å². The van der Waals surface area contributed by atoms with E-state index >= 15 is 0 Å². The number of carboxylic acids is 1. The van der Waals surface area contributed by atoms with E-state index in [1.807, 2.05) is 29.2 Å². The second-order valence-electron chi connectivity index (χ2n) is 4.95. The van der Waals surface area contributed by atoms with E-state index in [2.05, 4.69) is 26.1 Å². The minimum absolute atomic E-state index is 0.369. The molecule has 1 atom stereocenters. The van der Waals surface area contributed by atoms with Gasteiger partial charge in [0.2, 0.25) is 11.8 Å². The molecule has 1 aliphatic rings. The minimum atomic E-state index is -0.793. The van der Waals surface area contributed by atoms with Gasteiger partial charge in [-0.2, -0.15) is 0 Å². The lowest BCUT2D eigenvalue weighted by Gasteiger charge is -2.18. The third-order valence-electron chi connectivity index (χ3n) is 3.56. The van der Waals surface area contributed by atoms with E-state index in [-0.39, 0.29) is 0 Å². The Morgan fingerprint density at radius 2 is 2.24 bits per heavy atom. The molecule has 1 fully saturated rings. The van der Waals surface area contributed by atoms with Crippen LogP contribution in [0.15, 0.2) is 33.2 Å². The summed E-state index contributed by atoms with van der Waals surface area (Å²) in [6.07, 6.45) is 1.54. The molecule has 1 N–H and O–H groups in total. The van der Waals surface area contributed by atoms with Crippen LogP contribution >= 0.6 is 15.9 Å². The first kappa shape index (κ1) is 14.2. The first-order chi connectivity index (χ1) is 10.1. The molecular formula is C14H14BrN3O3. The second kappa shape index (κ2) is 5.95. The quantitative estimate of drug-likeness (QED) is 0.911. The van der Waals surface area contributed by atoms with Gasteiger partial charge in [-0.1, -0.05) is 12.1 Å². The van der Waals surface area contributed by atoms with Gasteiger partial charge in [0.1, 0.15) is 6.04 Å². The highest BCUT2D eigenvalue weighted by Crippen LogP contribution is 2.27. The summed E-state index contributed by atoms with van der Waals surface area (Å²) in [6.45, 7) is 1.11. The maximum atomic E-state index is 11.2. The van der Waals surface area contributed by atoms with Gasteiger partial charge in [-0.15, -0.1) is 10.2 Å². The van der Waals surface area contributed by atoms with Gasteiger partial charge < -0.3 is 9.52 Å². The van der Waals surface area contributed by atoms with E-state index in [4.69, 9.17) is 9.52 Å². The molecule has 0 radical (unpaired) electrons. The number of carboxylic acid groups (broad SMARTS) is 1. The molecule has 1 unspecified atom stereocenters. The molecule has 6 nitrogen and oxygen atoms in total. The molecule has 3 rings (SSSR count). The summed E-state index contributed by atoms with van der Waals surface area (Å²) >= 11 is 3.44. The van der Waals surface area contributed by atoms with Crippen molar-refractivity contribution >= 4 is 21.9 Å². The summed E-state index contributed by atoms with van der Waals surface area (Å²) in [7, 11) is 0. The van der Waals surface area contributed by atoms with Crippen molar-refractivity contribution in [2.24, 2.45) is 0 Å². The Hall–Kier alpha value is -1.73. The van der Waals surface area contributed by atoms with E-state index in [1.54, 1.807) is 0 Å². The van der Waals surface area contributed by atoms with Crippen LogP contribution in [0.25, 0.3) is 11.5 Å². The Bertz CT molecular complexity index is 658. The fourth-order valence-electron chi connectivity index (χ4n) is 2.53. The summed E-state index contributed by atoms with van der Waals surface area (Å²) in [5, 5.41) is 17.2. The summed E-state index contributed by atoms with van der Waals surface area (Å²) in [5.74, 6) is 0.0792. The fraction of sp³-hybridized carbons (Fsp3) is 0.357. The molecule has 2 heterocycles. The molecule has 0 amide bonds. The van der Waals surface area contributed by atoms with Crippen molar-refractivity contribution in [1.29, 1.82) is 0 Å². The molecule has 2 aromatic rings. The smallest absolute Gasteiger partial charge is 0.320 e. The highest BCUT2D eigenvalue weighted by atomic mass is 79.9. The molecule has 1 aromatic carbocycles. The lowest BCUT2D eigenvalue weighted by Crippen LogP contribution is -2.35. The largest absolute Gasteiger partial charge is 0.480 e. The molecule has 21 heavy (non-hydrogen) atoms. The zero-order valence-corrected chi connectivity index (χ0v) is 12.8. The predicted molar refractivity (Wildman–Crippen MR) is 78.5 cm³/mol. The molecule has 1 saturated heterocycles. The van der Waals surface area contributed by atoms with Crippen LogP contribution in [-0.2, 0) is 11.3 Å². The zero-order chi connectivity index (χ0) is 14.8. The van der Waals surface area contributed by atoms with Crippen LogP contribution in [0, 0.1) is 0 Å². The highest BCUT2D eigenvalue weighted by Gasteiger charge is 2.31. The lowest BCUT2D eigenvalue weighted by atomic mass is 10.2. The zero-order valence-electron chi connectivity index (χ0n) is 11.2. The van der Waals surface area contributed by atoms with E-state index in [9.17, 15) is 4.79 Å². The number of nitrogens with zero attached hydrogens (tertiary/aromatic N) is 3. The van der Waals surface area contributed by atoms with E-state index in [0.29, 0.717) is 24.7 Å². The third-order valence-corrected chi connectivity index (χ3v) is 4.25. The summed E-state index contributed by atoms with van der Waals surface area (Å²) in [6, 6.07) is 7.14. The van der Waals surface area contributed by atoms with Gasteiger partial charge in [0.05, 0.1) is 12.1 Å². The SMILES string of the molecule is O=C(O)C1CCCN1Cc1nnc(-c2ccccc2Br)o1. The van der Waals surface area contributed by atoms with Crippen LogP contribution in [0.1, 0.15) is 18.7 Å².